The average molecular weight is 342 g/mol. The Balaban J connectivity index is 1.53. The van der Waals surface area contributed by atoms with Crippen LogP contribution >= 0.6 is 0 Å². The monoisotopic (exact) mass is 342 g/mol. The molecule has 0 aliphatic carbocycles. The fourth-order valence-corrected chi connectivity index (χ4v) is 3.52. The summed E-state index contributed by atoms with van der Waals surface area (Å²) in [6.07, 6.45) is 3.58. The van der Waals surface area contributed by atoms with Gasteiger partial charge < -0.3 is 20.1 Å². The Kier molecular flexibility index (Phi) is 5.91. The third-order valence-electron chi connectivity index (χ3n) is 4.99. The number of guanidine groups is 1. The number of rotatable bonds is 5. The summed E-state index contributed by atoms with van der Waals surface area (Å²) in [6.45, 7) is 6.48. The number of aryl methyl sites for hydroxylation is 1. The number of aliphatic imine (C=N–C) groups is 1. The second kappa shape index (κ2) is 8.34. The van der Waals surface area contributed by atoms with E-state index in [9.17, 15) is 0 Å². The van der Waals surface area contributed by atoms with E-state index in [1.165, 1.54) is 38.9 Å². The number of nitrogens with zero attached hydrogens (tertiary/aromatic N) is 4. The molecule has 2 heterocycles. The number of para-hydroxylation sites is 2. The van der Waals surface area contributed by atoms with Gasteiger partial charge in [0.25, 0.3) is 0 Å². The van der Waals surface area contributed by atoms with Crippen molar-refractivity contribution in [2.24, 2.45) is 12.0 Å². The van der Waals surface area contributed by atoms with Crippen LogP contribution in [-0.2, 0) is 13.6 Å². The van der Waals surface area contributed by atoms with Gasteiger partial charge in [0.15, 0.2) is 5.96 Å². The molecular weight excluding hydrogens is 312 g/mol. The van der Waals surface area contributed by atoms with E-state index < -0.39 is 0 Å². The van der Waals surface area contributed by atoms with Crippen molar-refractivity contribution in [1.82, 2.24) is 25.1 Å². The Morgan fingerprint density at radius 2 is 2.04 bits per heavy atom. The maximum Gasteiger partial charge on any atom is 0.191 e. The summed E-state index contributed by atoms with van der Waals surface area (Å²) in [5.41, 5.74) is 2.19. The van der Waals surface area contributed by atoms with Crippen molar-refractivity contribution in [3.63, 3.8) is 0 Å². The summed E-state index contributed by atoms with van der Waals surface area (Å²) in [7, 11) is 3.89. The molecule has 6 nitrogen and oxygen atoms in total. The summed E-state index contributed by atoms with van der Waals surface area (Å²) in [4.78, 5) is 11.6. The van der Waals surface area contributed by atoms with Crippen LogP contribution < -0.4 is 10.6 Å². The second-order valence-electron chi connectivity index (χ2n) is 6.76. The first kappa shape index (κ1) is 17.7. The van der Waals surface area contributed by atoms with E-state index in [0.717, 1.165) is 22.8 Å². The lowest BCUT2D eigenvalue weighted by molar-refractivity contribution is 0.206. The van der Waals surface area contributed by atoms with Crippen LogP contribution in [-0.4, -0.2) is 53.1 Å². The number of nitrogens with one attached hydrogen (secondary N) is 2. The summed E-state index contributed by atoms with van der Waals surface area (Å²) in [6, 6.07) is 8.73. The lowest BCUT2D eigenvalue weighted by Gasteiger charge is -2.32. The van der Waals surface area contributed by atoms with Gasteiger partial charge in [-0.2, -0.15) is 0 Å². The predicted octanol–water partition coefficient (Wildman–Crippen LogP) is 2.11. The molecule has 0 atom stereocenters. The van der Waals surface area contributed by atoms with E-state index in [1.807, 2.05) is 19.2 Å². The number of hydrogen-bond donors (Lipinski definition) is 2. The van der Waals surface area contributed by atoms with E-state index in [1.54, 1.807) is 0 Å². The van der Waals surface area contributed by atoms with Crippen molar-refractivity contribution in [3.8, 4) is 0 Å². The van der Waals surface area contributed by atoms with Gasteiger partial charge in [0, 0.05) is 33.2 Å². The Hall–Kier alpha value is -2.08. The summed E-state index contributed by atoms with van der Waals surface area (Å²) in [5.74, 6) is 1.88. The van der Waals surface area contributed by atoms with Crippen LogP contribution in [0.4, 0.5) is 0 Å². The number of fused-ring (bicyclic) bond motifs is 1. The maximum absolute atomic E-state index is 4.71. The van der Waals surface area contributed by atoms with Crippen molar-refractivity contribution >= 4 is 17.0 Å². The maximum atomic E-state index is 4.71. The number of benzene rings is 1. The minimum Gasteiger partial charge on any atom is -0.354 e. The van der Waals surface area contributed by atoms with Gasteiger partial charge in [-0.3, -0.25) is 4.99 Å². The van der Waals surface area contributed by atoms with Gasteiger partial charge in [-0.05, 0) is 37.9 Å². The zero-order chi connectivity index (χ0) is 17.6. The van der Waals surface area contributed by atoms with E-state index in [2.05, 4.69) is 51.2 Å². The lowest BCUT2D eigenvalue weighted by Crippen LogP contribution is -2.48. The molecule has 6 heteroatoms. The minimum absolute atomic E-state index is 0.500. The molecule has 2 N–H and O–H groups in total. The third kappa shape index (κ3) is 4.31. The fourth-order valence-electron chi connectivity index (χ4n) is 3.52. The Bertz CT molecular complexity index is 712. The number of likely N-dealkylation sites (tertiary alicyclic amines) is 1. The topological polar surface area (TPSA) is 57.5 Å². The standard InChI is InChI=1S/C19H30N6/c1-4-11-25-12-9-15(10-13-25)22-19(20-2)21-14-18-23-16-7-5-6-8-17(16)24(18)3/h5-8,15H,4,9-14H2,1-3H3,(H2,20,21,22). The number of hydrogen-bond acceptors (Lipinski definition) is 3. The average Bonchev–Trinajstić information content (AvgIpc) is 2.96. The predicted molar refractivity (Wildman–Crippen MR) is 104 cm³/mol. The van der Waals surface area contributed by atoms with Gasteiger partial charge in [0.05, 0.1) is 17.6 Å². The second-order valence-corrected chi connectivity index (χ2v) is 6.76. The molecule has 1 aromatic heterocycles. The number of imidazole rings is 1. The molecule has 0 saturated carbocycles. The molecule has 1 aliphatic heterocycles. The van der Waals surface area contributed by atoms with Crippen LogP contribution in [0.2, 0.25) is 0 Å². The van der Waals surface area contributed by atoms with Gasteiger partial charge in [0.1, 0.15) is 5.82 Å². The normalized spacial score (nSPS) is 17.2. The van der Waals surface area contributed by atoms with Crippen LogP contribution in [0, 0.1) is 0 Å². The van der Waals surface area contributed by atoms with Crippen molar-refractivity contribution in [2.75, 3.05) is 26.7 Å². The summed E-state index contributed by atoms with van der Waals surface area (Å²) < 4.78 is 2.14. The smallest absolute Gasteiger partial charge is 0.191 e. The van der Waals surface area contributed by atoms with E-state index in [4.69, 9.17) is 4.98 Å². The Labute approximate surface area is 150 Å². The number of piperidine rings is 1. The molecule has 0 spiro atoms. The summed E-state index contributed by atoms with van der Waals surface area (Å²) >= 11 is 0. The summed E-state index contributed by atoms with van der Waals surface area (Å²) in [5, 5.41) is 6.98. The van der Waals surface area contributed by atoms with Crippen molar-refractivity contribution < 1.29 is 0 Å². The molecule has 25 heavy (non-hydrogen) atoms. The molecule has 1 aromatic carbocycles. The lowest BCUT2D eigenvalue weighted by atomic mass is 10.1. The highest BCUT2D eigenvalue weighted by Gasteiger charge is 2.19. The Morgan fingerprint density at radius 3 is 2.72 bits per heavy atom. The first-order valence-electron chi connectivity index (χ1n) is 9.31. The van der Waals surface area contributed by atoms with E-state index in [0.29, 0.717) is 12.6 Å². The van der Waals surface area contributed by atoms with Crippen LogP contribution in [0.15, 0.2) is 29.3 Å². The minimum atomic E-state index is 0.500. The molecule has 0 amide bonds. The molecule has 1 aliphatic rings. The van der Waals surface area contributed by atoms with Gasteiger partial charge in [0.2, 0.25) is 0 Å². The quantitative estimate of drug-likeness (QED) is 0.645. The van der Waals surface area contributed by atoms with Crippen LogP contribution in [0.5, 0.6) is 0 Å². The zero-order valence-corrected chi connectivity index (χ0v) is 15.6. The van der Waals surface area contributed by atoms with Gasteiger partial charge >= 0.3 is 0 Å². The van der Waals surface area contributed by atoms with Gasteiger partial charge in [-0.1, -0.05) is 19.1 Å². The molecule has 3 rings (SSSR count). The highest BCUT2D eigenvalue weighted by Crippen LogP contribution is 2.14. The van der Waals surface area contributed by atoms with Crippen LogP contribution in [0.3, 0.4) is 0 Å². The molecule has 0 radical (unpaired) electrons. The molecular formula is C19H30N6. The molecule has 1 fully saturated rings. The Morgan fingerprint density at radius 1 is 1.28 bits per heavy atom. The molecule has 136 valence electrons. The molecule has 0 bridgehead atoms. The zero-order valence-electron chi connectivity index (χ0n) is 15.6. The van der Waals surface area contributed by atoms with Crippen LogP contribution in [0.25, 0.3) is 11.0 Å². The molecule has 0 unspecified atom stereocenters. The molecule has 1 saturated heterocycles. The van der Waals surface area contributed by atoms with Gasteiger partial charge in [-0.25, -0.2) is 4.98 Å². The fraction of sp³-hybridized carbons (Fsp3) is 0.579. The van der Waals surface area contributed by atoms with Gasteiger partial charge in [-0.15, -0.1) is 0 Å². The first-order valence-corrected chi connectivity index (χ1v) is 9.31. The largest absolute Gasteiger partial charge is 0.354 e. The third-order valence-corrected chi connectivity index (χ3v) is 4.99. The van der Waals surface area contributed by atoms with Crippen molar-refractivity contribution in [2.45, 2.75) is 38.8 Å². The van der Waals surface area contributed by atoms with Crippen LogP contribution in [0.1, 0.15) is 32.0 Å². The first-order chi connectivity index (χ1) is 12.2. The van der Waals surface area contributed by atoms with E-state index >= 15 is 0 Å². The molecule has 2 aromatic rings. The van der Waals surface area contributed by atoms with Crippen molar-refractivity contribution in [1.29, 1.82) is 0 Å². The number of aromatic nitrogens is 2. The SMILES string of the molecule is CCCN1CCC(NC(=NC)NCc2nc3ccccc3n2C)CC1. The highest BCUT2D eigenvalue weighted by atomic mass is 15.2. The van der Waals surface area contributed by atoms with E-state index in [-0.39, 0.29) is 0 Å². The van der Waals surface area contributed by atoms with Crippen molar-refractivity contribution in [3.05, 3.63) is 30.1 Å². The highest BCUT2D eigenvalue weighted by molar-refractivity contribution is 5.80.